The molecule has 144 valence electrons. The van der Waals surface area contributed by atoms with Gasteiger partial charge in [-0.15, -0.1) is 0 Å². The quantitative estimate of drug-likeness (QED) is 0.510. The van der Waals surface area contributed by atoms with E-state index in [9.17, 15) is 19.3 Å². The SMILES string of the molecule is O=C(Cn1ncc2cc([N+](=O)[O-])ccc21)N1CCN(c2ccc(F)cc2)CC1. The van der Waals surface area contributed by atoms with Crippen molar-refractivity contribution in [3.05, 3.63) is 64.6 Å². The maximum atomic E-state index is 13.1. The lowest BCUT2D eigenvalue weighted by Crippen LogP contribution is -2.49. The number of halogens is 1. The van der Waals surface area contributed by atoms with E-state index in [1.807, 2.05) is 0 Å². The van der Waals surface area contributed by atoms with Crippen LogP contribution < -0.4 is 4.90 Å². The number of anilines is 1. The Balaban J connectivity index is 1.40. The highest BCUT2D eigenvalue weighted by Gasteiger charge is 2.22. The highest BCUT2D eigenvalue weighted by molar-refractivity contribution is 5.83. The number of piperazine rings is 1. The van der Waals surface area contributed by atoms with Crippen molar-refractivity contribution in [3.63, 3.8) is 0 Å². The Bertz CT molecular complexity index is 1030. The summed E-state index contributed by atoms with van der Waals surface area (Å²) in [6.07, 6.45) is 1.53. The highest BCUT2D eigenvalue weighted by Crippen LogP contribution is 2.21. The third-order valence-electron chi connectivity index (χ3n) is 4.95. The van der Waals surface area contributed by atoms with Gasteiger partial charge in [0.2, 0.25) is 5.91 Å². The molecule has 1 amide bonds. The van der Waals surface area contributed by atoms with Gasteiger partial charge in [-0.25, -0.2) is 4.39 Å². The van der Waals surface area contributed by atoms with Crippen LogP contribution in [0.1, 0.15) is 0 Å². The van der Waals surface area contributed by atoms with Crippen LogP contribution in [-0.4, -0.2) is 51.7 Å². The molecular formula is C19H18FN5O3. The second-order valence-corrected chi connectivity index (χ2v) is 6.65. The van der Waals surface area contributed by atoms with Gasteiger partial charge < -0.3 is 9.80 Å². The van der Waals surface area contributed by atoms with Crippen molar-refractivity contribution in [2.24, 2.45) is 0 Å². The summed E-state index contributed by atoms with van der Waals surface area (Å²) in [6.45, 7) is 2.56. The van der Waals surface area contributed by atoms with Gasteiger partial charge >= 0.3 is 0 Å². The Labute approximate surface area is 159 Å². The number of benzene rings is 2. The summed E-state index contributed by atoms with van der Waals surface area (Å²) in [6, 6.07) is 10.8. The van der Waals surface area contributed by atoms with Crippen molar-refractivity contribution in [1.82, 2.24) is 14.7 Å². The molecule has 0 radical (unpaired) electrons. The maximum absolute atomic E-state index is 13.1. The van der Waals surface area contributed by atoms with E-state index in [0.29, 0.717) is 37.1 Å². The summed E-state index contributed by atoms with van der Waals surface area (Å²) >= 11 is 0. The number of rotatable bonds is 4. The number of aromatic nitrogens is 2. The average molecular weight is 383 g/mol. The van der Waals surface area contributed by atoms with Gasteiger partial charge in [-0.1, -0.05) is 0 Å². The second-order valence-electron chi connectivity index (χ2n) is 6.65. The Morgan fingerprint density at radius 1 is 1.11 bits per heavy atom. The molecule has 28 heavy (non-hydrogen) atoms. The van der Waals surface area contributed by atoms with E-state index in [-0.39, 0.29) is 24.0 Å². The first-order valence-corrected chi connectivity index (χ1v) is 8.89. The van der Waals surface area contributed by atoms with Gasteiger partial charge in [0.05, 0.1) is 16.6 Å². The fourth-order valence-corrected chi connectivity index (χ4v) is 3.41. The first-order valence-electron chi connectivity index (χ1n) is 8.89. The Morgan fingerprint density at radius 3 is 2.50 bits per heavy atom. The van der Waals surface area contributed by atoms with E-state index in [1.165, 1.54) is 30.5 Å². The normalized spacial score (nSPS) is 14.5. The molecule has 0 saturated carbocycles. The molecule has 1 aliphatic rings. The largest absolute Gasteiger partial charge is 0.368 e. The van der Waals surface area contributed by atoms with E-state index in [0.717, 1.165) is 5.69 Å². The summed E-state index contributed by atoms with van der Waals surface area (Å²) in [5.74, 6) is -0.323. The van der Waals surface area contributed by atoms with Crippen LogP contribution >= 0.6 is 0 Å². The van der Waals surface area contributed by atoms with Crippen molar-refractivity contribution in [1.29, 1.82) is 0 Å². The second kappa shape index (κ2) is 7.26. The topological polar surface area (TPSA) is 84.5 Å². The number of amides is 1. The Hall–Kier alpha value is -3.49. The van der Waals surface area contributed by atoms with E-state index >= 15 is 0 Å². The number of fused-ring (bicyclic) bond motifs is 1. The monoisotopic (exact) mass is 383 g/mol. The molecule has 1 saturated heterocycles. The molecule has 3 aromatic rings. The Morgan fingerprint density at radius 2 is 1.82 bits per heavy atom. The predicted molar refractivity (Wildman–Crippen MR) is 102 cm³/mol. The molecule has 1 aromatic heterocycles. The fraction of sp³-hybridized carbons (Fsp3) is 0.263. The molecule has 0 bridgehead atoms. The van der Waals surface area contributed by atoms with Crippen LogP contribution in [0.3, 0.4) is 0 Å². The van der Waals surface area contributed by atoms with Gasteiger partial charge in [0.25, 0.3) is 5.69 Å². The minimum absolute atomic E-state index is 0.00436. The number of carbonyl (C=O) groups is 1. The first kappa shape index (κ1) is 17.9. The van der Waals surface area contributed by atoms with Gasteiger partial charge in [0, 0.05) is 49.4 Å². The number of non-ortho nitro benzene ring substituents is 1. The zero-order valence-corrected chi connectivity index (χ0v) is 15.0. The maximum Gasteiger partial charge on any atom is 0.270 e. The van der Waals surface area contributed by atoms with Crippen LogP contribution in [0.25, 0.3) is 10.9 Å². The molecule has 0 N–H and O–H groups in total. The van der Waals surface area contributed by atoms with Crippen LogP contribution in [0.2, 0.25) is 0 Å². The lowest BCUT2D eigenvalue weighted by Gasteiger charge is -2.36. The van der Waals surface area contributed by atoms with Crippen LogP contribution in [0.4, 0.5) is 15.8 Å². The first-order chi connectivity index (χ1) is 13.5. The van der Waals surface area contributed by atoms with E-state index < -0.39 is 4.92 Å². The summed E-state index contributed by atoms with van der Waals surface area (Å²) in [7, 11) is 0. The third-order valence-corrected chi connectivity index (χ3v) is 4.95. The van der Waals surface area contributed by atoms with Gasteiger partial charge in [0.15, 0.2) is 0 Å². The smallest absolute Gasteiger partial charge is 0.270 e. The summed E-state index contributed by atoms with van der Waals surface area (Å²) in [5.41, 5.74) is 1.62. The zero-order chi connectivity index (χ0) is 19.7. The molecule has 0 spiro atoms. The molecule has 2 heterocycles. The van der Waals surface area contributed by atoms with Crippen LogP contribution in [-0.2, 0) is 11.3 Å². The number of hydrogen-bond acceptors (Lipinski definition) is 5. The molecular weight excluding hydrogens is 365 g/mol. The number of nitro groups is 1. The molecule has 2 aromatic carbocycles. The van der Waals surface area contributed by atoms with Crippen LogP contribution in [0.5, 0.6) is 0 Å². The number of carbonyl (C=O) groups excluding carboxylic acids is 1. The predicted octanol–water partition coefficient (Wildman–Crippen LogP) is 2.43. The van der Waals surface area contributed by atoms with Crippen molar-refractivity contribution >= 4 is 28.2 Å². The van der Waals surface area contributed by atoms with Gasteiger partial charge in [-0.05, 0) is 30.3 Å². The lowest BCUT2D eigenvalue weighted by atomic mass is 10.2. The molecule has 9 heteroatoms. The standard InChI is InChI=1S/C19H18FN5O3/c20-15-1-3-16(4-2-15)22-7-9-23(10-8-22)19(26)13-24-18-6-5-17(25(27)28)11-14(18)12-21-24/h1-6,11-12H,7-10,13H2. The Kier molecular flexibility index (Phi) is 4.64. The number of hydrogen-bond donors (Lipinski definition) is 0. The summed E-state index contributed by atoms with van der Waals surface area (Å²) in [5, 5.41) is 15.7. The molecule has 0 unspecified atom stereocenters. The molecule has 0 atom stereocenters. The number of nitro benzene ring substituents is 1. The zero-order valence-electron chi connectivity index (χ0n) is 15.0. The number of nitrogens with zero attached hydrogens (tertiary/aromatic N) is 5. The van der Waals surface area contributed by atoms with E-state index in [2.05, 4.69) is 10.00 Å². The minimum Gasteiger partial charge on any atom is -0.368 e. The van der Waals surface area contributed by atoms with Crippen molar-refractivity contribution in [2.75, 3.05) is 31.1 Å². The van der Waals surface area contributed by atoms with E-state index in [4.69, 9.17) is 0 Å². The molecule has 0 aliphatic carbocycles. The lowest BCUT2D eigenvalue weighted by molar-refractivity contribution is -0.384. The summed E-state index contributed by atoms with van der Waals surface area (Å²) < 4.78 is 14.6. The molecule has 1 aliphatic heterocycles. The van der Waals surface area contributed by atoms with Crippen molar-refractivity contribution in [3.8, 4) is 0 Å². The van der Waals surface area contributed by atoms with Crippen LogP contribution in [0, 0.1) is 15.9 Å². The van der Waals surface area contributed by atoms with E-state index in [1.54, 1.807) is 27.8 Å². The summed E-state index contributed by atoms with van der Waals surface area (Å²) in [4.78, 5) is 27.0. The third kappa shape index (κ3) is 3.51. The molecule has 8 nitrogen and oxygen atoms in total. The van der Waals surface area contributed by atoms with Gasteiger partial charge in [-0.2, -0.15) is 5.10 Å². The molecule has 1 fully saturated rings. The van der Waals surface area contributed by atoms with Gasteiger partial charge in [-0.3, -0.25) is 19.6 Å². The van der Waals surface area contributed by atoms with Crippen molar-refractivity contribution in [2.45, 2.75) is 6.54 Å². The van der Waals surface area contributed by atoms with Gasteiger partial charge in [0.1, 0.15) is 12.4 Å². The van der Waals surface area contributed by atoms with Crippen molar-refractivity contribution < 1.29 is 14.1 Å². The minimum atomic E-state index is -0.456. The fourth-order valence-electron chi connectivity index (χ4n) is 3.41. The average Bonchev–Trinajstić information content (AvgIpc) is 3.10. The van der Waals surface area contributed by atoms with Crippen LogP contribution in [0.15, 0.2) is 48.7 Å². The molecule has 4 rings (SSSR count). The highest BCUT2D eigenvalue weighted by atomic mass is 19.1.